The quantitative estimate of drug-likeness (QED) is 0.725. The summed E-state index contributed by atoms with van der Waals surface area (Å²) in [4.78, 5) is 4.35. The minimum Gasteiger partial charge on any atom is -0.387 e. The van der Waals surface area contributed by atoms with E-state index in [1.807, 2.05) is 67.2 Å². The van der Waals surface area contributed by atoms with Crippen molar-refractivity contribution in [2.45, 2.75) is 32.9 Å². The molecule has 2 heterocycles. The second kappa shape index (κ2) is 7.59. The molecular formula is C20H24N4O. The van der Waals surface area contributed by atoms with E-state index in [1.54, 1.807) is 6.20 Å². The monoisotopic (exact) mass is 336 g/mol. The van der Waals surface area contributed by atoms with Gasteiger partial charge in [0.2, 0.25) is 0 Å². The maximum absolute atomic E-state index is 10.5. The first-order valence-electron chi connectivity index (χ1n) is 8.51. The number of aliphatic hydroxyl groups excluding tert-OH is 1. The molecule has 5 nitrogen and oxygen atoms in total. The fourth-order valence-electron chi connectivity index (χ4n) is 3.03. The molecule has 130 valence electrons. The van der Waals surface area contributed by atoms with Crippen molar-refractivity contribution < 1.29 is 5.11 Å². The SMILES string of the molecule is Cc1ccccc1C(O)CNC(C)c1cnn(-c2ccccn2)c1C. The molecule has 3 aromatic rings. The van der Waals surface area contributed by atoms with Gasteiger partial charge in [-0.1, -0.05) is 30.3 Å². The second-order valence-corrected chi connectivity index (χ2v) is 6.29. The highest BCUT2D eigenvalue weighted by molar-refractivity contribution is 5.30. The molecule has 0 saturated carbocycles. The lowest BCUT2D eigenvalue weighted by atomic mass is 10.0. The molecule has 3 rings (SSSR count). The topological polar surface area (TPSA) is 63.0 Å². The Morgan fingerprint density at radius 1 is 1.08 bits per heavy atom. The van der Waals surface area contributed by atoms with Crippen LogP contribution in [-0.2, 0) is 0 Å². The van der Waals surface area contributed by atoms with E-state index in [4.69, 9.17) is 0 Å². The Balaban J connectivity index is 1.69. The summed E-state index contributed by atoms with van der Waals surface area (Å²) in [6.45, 7) is 6.62. The highest BCUT2D eigenvalue weighted by Crippen LogP contribution is 2.21. The summed E-state index contributed by atoms with van der Waals surface area (Å²) in [6.07, 6.45) is 3.09. The van der Waals surface area contributed by atoms with Gasteiger partial charge in [0.15, 0.2) is 5.82 Å². The number of nitrogens with one attached hydrogen (secondary N) is 1. The summed E-state index contributed by atoms with van der Waals surface area (Å²) in [6, 6.07) is 13.8. The lowest BCUT2D eigenvalue weighted by Gasteiger charge is -2.18. The van der Waals surface area contributed by atoms with Crippen LogP contribution in [0.2, 0.25) is 0 Å². The maximum atomic E-state index is 10.5. The van der Waals surface area contributed by atoms with Crippen molar-refractivity contribution in [1.29, 1.82) is 0 Å². The minimum atomic E-state index is -0.533. The van der Waals surface area contributed by atoms with Gasteiger partial charge in [0, 0.05) is 30.0 Å². The van der Waals surface area contributed by atoms with Gasteiger partial charge in [-0.05, 0) is 44.0 Å². The first kappa shape index (κ1) is 17.3. The first-order valence-corrected chi connectivity index (χ1v) is 8.51. The van der Waals surface area contributed by atoms with Gasteiger partial charge >= 0.3 is 0 Å². The van der Waals surface area contributed by atoms with Crippen molar-refractivity contribution in [3.63, 3.8) is 0 Å². The van der Waals surface area contributed by atoms with Gasteiger partial charge in [0.05, 0.1) is 12.3 Å². The maximum Gasteiger partial charge on any atom is 0.153 e. The van der Waals surface area contributed by atoms with Crippen LogP contribution in [0.1, 0.15) is 41.5 Å². The molecule has 0 aliphatic rings. The molecule has 5 heteroatoms. The molecule has 0 spiro atoms. The zero-order valence-electron chi connectivity index (χ0n) is 14.8. The molecule has 2 aromatic heterocycles. The van der Waals surface area contributed by atoms with Crippen LogP contribution in [0.25, 0.3) is 5.82 Å². The van der Waals surface area contributed by atoms with Crippen LogP contribution in [0.4, 0.5) is 0 Å². The van der Waals surface area contributed by atoms with Gasteiger partial charge in [0.1, 0.15) is 0 Å². The molecule has 0 aliphatic carbocycles. The van der Waals surface area contributed by atoms with E-state index in [-0.39, 0.29) is 6.04 Å². The Morgan fingerprint density at radius 3 is 2.56 bits per heavy atom. The largest absolute Gasteiger partial charge is 0.387 e. The normalized spacial score (nSPS) is 13.6. The summed E-state index contributed by atoms with van der Waals surface area (Å²) in [5.74, 6) is 0.804. The van der Waals surface area contributed by atoms with Crippen molar-refractivity contribution in [2.75, 3.05) is 6.54 Å². The van der Waals surface area contributed by atoms with Crippen LogP contribution >= 0.6 is 0 Å². The number of aromatic nitrogens is 3. The van der Waals surface area contributed by atoms with E-state index in [2.05, 4.69) is 22.3 Å². The third-order valence-corrected chi connectivity index (χ3v) is 4.55. The zero-order valence-corrected chi connectivity index (χ0v) is 14.8. The highest BCUT2D eigenvalue weighted by Gasteiger charge is 2.16. The third-order valence-electron chi connectivity index (χ3n) is 4.55. The van der Waals surface area contributed by atoms with E-state index in [1.165, 1.54) is 0 Å². The smallest absolute Gasteiger partial charge is 0.153 e. The van der Waals surface area contributed by atoms with Crippen molar-refractivity contribution in [3.8, 4) is 5.82 Å². The molecule has 2 unspecified atom stereocenters. The second-order valence-electron chi connectivity index (χ2n) is 6.29. The first-order chi connectivity index (χ1) is 12.1. The van der Waals surface area contributed by atoms with E-state index in [9.17, 15) is 5.11 Å². The molecule has 2 atom stereocenters. The van der Waals surface area contributed by atoms with Gasteiger partial charge < -0.3 is 10.4 Å². The predicted molar refractivity (Wildman–Crippen MR) is 98.7 cm³/mol. The van der Waals surface area contributed by atoms with Gasteiger partial charge in [-0.25, -0.2) is 9.67 Å². The van der Waals surface area contributed by atoms with E-state index >= 15 is 0 Å². The minimum absolute atomic E-state index is 0.0798. The van der Waals surface area contributed by atoms with Crippen molar-refractivity contribution >= 4 is 0 Å². The van der Waals surface area contributed by atoms with Crippen molar-refractivity contribution in [2.24, 2.45) is 0 Å². The summed E-state index contributed by atoms with van der Waals surface area (Å²) in [7, 11) is 0. The van der Waals surface area contributed by atoms with Gasteiger partial charge in [-0.15, -0.1) is 0 Å². The van der Waals surface area contributed by atoms with E-state index in [0.29, 0.717) is 6.54 Å². The lowest BCUT2D eigenvalue weighted by molar-refractivity contribution is 0.170. The van der Waals surface area contributed by atoms with E-state index in [0.717, 1.165) is 28.2 Å². The zero-order chi connectivity index (χ0) is 17.8. The van der Waals surface area contributed by atoms with E-state index < -0.39 is 6.10 Å². The predicted octanol–water partition coefficient (Wildman–Crippen LogP) is 3.27. The molecule has 2 N–H and O–H groups in total. The molecule has 25 heavy (non-hydrogen) atoms. The molecule has 0 bridgehead atoms. The van der Waals surface area contributed by atoms with Crippen LogP contribution in [-0.4, -0.2) is 26.4 Å². The van der Waals surface area contributed by atoms with Crippen LogP contribution in [0.15, 0.2) is 54.9 Å². The highest BCUT2D eigenvalue weighted by atomic mass is 16.3. The molecule has 0 fully saturated rings. The Bertz CT molecular complexity index is 829. The summed E-state index contributed by atoms with van der Waals surface area (Å²) < 4.78 is 1.84. The Kier molecular flexibility index (Phi) is 5.26. The number of rotatable bonds is 6. The fraction of sp³-hybridized carbons (Fsp3) is 0.300. The van der Waals surface area contributed by atoms with Gasteiger partial charge in [0.25, 0.3) is 0 Å². The van der Waals surface area contributed by atoms with Crippen LogP contribution in [0, 0.1) is 13.8 Å². The van der Waals surface area contributed by atoms with Crippen LogP contribution in [0.5, 0.6) is 0 Å². The molecule has 0 aliphatic heterocycles. The number of nitrogens with zero attached hydrogens (tertiary/aromatic N) is 3. The summed E-state index contributed by atoms with van der Waals surface area (Å²) in [5.41, 5.74) is 4.21. The molecule has 1 aromatic carbocycles. The number of hydrogen-bond acceptors (Lipinski definition) is 4. The number of pyridine rings is 1. The fourth-order valence-corrected chi connectivity index (χ4v) is 3.03. The standard InChI is InChI=1S/C20H24N4O/c1-14-8-4-5-9-17(14)19(25)13-22-15(2)18-12-23-24(16(18)3)20-10-6-7-11-21-20/h4-12,15,19,22,25H,13H2,1-3H3. The van der Waals surface area contributed by atoms with Crippen LogP contribution in [0.3, 0.4) is 0 Å². The molecule has 0 saturated heterocycles. The summed E-state index contributed by atoms with van der Waals surface area (Å²) >= 11 is 0. The van der Waals surface area contributed by atoms with Crippen molar-refractivity contribution in [3.05, 3.63) is 77.2 Å². The number of benzene rings is 1. The molecule has 0 radical (unpaired) electrons. The van der Waals surface area contributed by atoms with Crippen molar-refractivity contribution in [1.82, 2.24) is 20.1 Å². The Hall–Kier alpha value is -2.50. The van der Waals surface area contributed by atoms with Gasteiger partial charge in [-0.2, -0.15) is 5.10 Å². The Morgan fingerprint density at radius 2 is 1.84 bits per heavy atom. The lowest BCUT2D eigenvalue weighted by Crippen LogP contribution is -2.25. The number of hydrogen-bond donors (Lipinski definition) is 2. The number of aliphatic hydroxyl groups is 1. The Labute approximate surface area is 148 Å². The van der Waals surface area contributed by atoms with Crippen LogP contribution < -0.4 is 5.32 Å². The third kappa shape index (κ3) is 3.78. The molecule has 0 amide bonds. The number of aryl methyl sites for hydroxylation is 1. The summed E-state index contributed by atoms with van der Waals surface area (Å²) in [5, 5.41) is 18.3. The molecular weight excluding hydrogens is 312 g/mol. The average molecular weight is 336 g/mol. The van der Waals surface area contributed by atoms with Gasteiger partial charge in [-0.3, -0.25) is 0 Å². The average Bonchev–Trinajstić information content (AvgIpc) is 3.02.